The number of aromatic nitrogens is 9. The molecule has 0 saturated carbocycles. The smallest absolute Gasteiger partial charge is 0.417 e. The summed E-state index contributed by atoms with van der Waals surface area (Å²) in [7, 11) is 0. The summed E-state index contributed by atoms with van der Waals surface area (Å²) in [5, 5.41) is 77.8. The van der Waals surface area contributed by atoms with Gasteiger partial charge in [0.2, 0.25) is 0 Å². The number of aliphatic hydroxyl groups is 3. The fraction of sp³-hybridized carbons (Fsp3) is 0.367. The highest BCUT2D eigenvalue weighted by Crippen LogP contribution is 2.41. The first-order valence-electron chi connectivity index (χ1n) is 35.6. The Hall–Kier alpha value is -12.1. The molecule has 28 nitrogen and oxygen atoms in total. The number of fused-ring (bicyclic) bond motifs is 3. The van der Waals surface area contributed by atoms with Crippen molar-refractivity contribution in [2.45, 2.75) is 168 Å². The Morgan fingerprint density at radius 3 is 1.32 bits per heavy atom. The van der Waals surface area contributed by atoms with Crippen molar-refractivity contribution in [2.75, 3.05) is 34.3 Å². The zero-order valence-corrected chi connectivity index (χ0v) is 63.6. The minimum atomic E-state index is -0.827. The van der Waals surface area contributed by atoms with Crippen molar-refractivity contribution < 1.29 is 61.9 Å². The molecule has 3 saturated heterocycles. The van der Waals surface area contributed by atoms with Crippen LogP contribution in [0.3, 0.4) is 0 Å². The molecule has 574 valence electrons. The molecule has 15 rings (SSSR count). The van der Waals surface area contributed by atoms with Crippen LogP contribution in [0.4, 0.5) is 40.2 Å². The Balaban J connectivity index is 0.000000145. The number of imide groups is 2. The van der Waals surface area contributed by atoms with E-state index >= 15 is 4.39 Å². The van der Waals surface area contributed by atoms with Crippen molar-refractivity contribution in [3.63, 3.8) is 0 Å². The van der Waals surface area contributed by atoms with Gasteiger partial charge in [0.05, 0.1) is 180 Å². The number of nitrogens with zero attached hydrogens (tertiary/aromatic N) is 16. The molecule has 0 unspecified atom stereocenters. The number of aromatic amines is 1. The number of nitriles is 3. The molecular weight excluding hydrogens is 1450 g/mol. The molecule has 3 fully saturated rings. The summed E-state index contributed by atoms with van der Waals surface area (Å²) in [5.41, 5.74) is 0.346. The molecule has 6 aliphatic heterocycles. The number of hydrogen-bond donors (Lipinski definition) is 5. The fourth-order valence-corrected chi connectivity index (χ4v) is 14.4. The molecule has 5 amide bonds. The normalized spacial score (nSPS) is 18.3. The summed E-state index contributed by atoms with van der Waals surface area (Å²) in [6.45, 7) is 24.0. The van der Waals surface area contributed by atoms with E-state index in [0.717, 1.165) is 28.6 Å². The highest BCUT2D eigenvalue weighted by atomic mass is 35.5. The van der Waals surface area contributed by atoms with Crippen molar-refractivity contribution in [3.05, 3.63) is 183 Å². The van der Waals surface area contributed by atoms with E-state index in [1.54, 1.807) is 76.9 Å². The molecule has 6 aromatic heterocycles. The van der Waals surface area contributed by atoms with Crippen LogP contribution in [0.5, 0.6) is 0 Å². The molecule has 3 aromatic carbocycles. The molecule has 0 radical (unpaired) electrons. The Kier molecular flexibility index (Phi) is 21.3. The first kappa shape index (κ1) is 78.5. The van der Waals surface area contributed by atoms with Gasteiger partial charge in [-0.05, 0) is 157 Å². The molecule has 3 atom stereocenters. The lowest BCUT2D eigenvalue weighted by Gasteiger charge is -2.34. The van der Waals surface area contributed by atoms with Gasteiger partial charge < -0.3 is 44.8 Å². The molecule has 0 bridgehead atoms. The maximum absolute atomic E-state index is 15.0. The highest BCUT2D eigenvalue weighted by Gasteiger charge is 2.46. The lowest BCUT2D eigenvalue weighted by Crippen LogP contribution is -2.45. The second-order valence-electron chi connectivity index (χ2n) is 30.8. The van der Waals surface area contributed by atoms with Crippen LogP contribution in [0.1, 0.15) is 167 Å². The average Bonchev–Trinajstić information content (AvgIpc) is 1.64. The number of pyridine rings is 3. The van der Waals surface area contributed by atoms with Gasteiger partial charge in [-0.15, -0.1) is 0 Å². The standard InChI is InChI=1S/C28H29FN6O4.C23H21FN6O2.C19H15ClFN3O3.C9H15N3O/c1-27(2,3)39-26(38)33-15-19-24(25(33)37)20(13-18(31-19)23-16(14-30)7-6-8-17(23)29)35-12-10-22(32-35)34-11-9-21(36)28(34,4)5;1-23(2)18(31)6-8-29(23)19-7-9-30(28-19)17-10-15(27-16-12-26-22(32)21(16)17)20-13(11-25)4-3-5-14(20)24;1-19(2,3)27-18(26)24-9-14-16(17(24)25)11(20)7-13(23-14)15-10(8-22)5-4-6-12(15)21;1-9(2)7(13)4-6-12(9)8-3-5-10-11-8/h6-8,10,12-13,21,36H,9,11,15H2,1-5H3;3-5,7,9-10,18,31H,6,8,12H2,1-2H3,(H,26,32);4-7H,9H2,1-3H3;3,5,7,13H,4,6H2,1-2H3,(H,10,11)/t21-;18-;;7-/m00.0/s1. The number of benzene rings is 3. The summed E-state index contributed by atoms with van der Waals surface area (Å²) in [4.78, 5) is 85.1. The van der Waals surface area contributed by atoms with E-state index in [1.165, 1.54) is 71.4 Å². The van der Waals surface area contributed by atoms with Crippen LogP contribution in [0, 0.1) is 51.4 Å². The number of halogens is 4. The lowest BCUT2D eigenvalue weighted by atomic mass is 9.99. The number of ether oxygens (including phenoxy) is 2. The number of amides is 5. The number of carbonyl (C=O) groups excluding carboxylic acids is 5. The minimum absolute atomic E-state index is 0.00660. The van der Waals surface area contributed by atoms with E-state index in [9.17, 15) is 63.9 Å². The van der Waals surface area contributed by atoms with Gasteiger partial charge in [-0.25, -0.2) is 56.9 Å². The number of nitrogens with one attached hydrogen (secondary N) is 2. The lowest BCUT2D eigenvalue weighted by molar-refractivity contribution is 0.0230. The topological polar surface area (TPSA) is 367 Å². The van der Waals surface area contributed by atoms with Crippen molar-refractivity contribution in [3.8, 4) is 63.4 Å². The molecular formula is C79H80ClF3N18O10. The molecule has 111 heavy (non-hydrogen) atoms. The monoisotopic (exact) mass is 1530 g/mol. The molecule has 0 aliphatic carbocycles. The van der Waals surface area contributed by atoms with E-state index in [2.05, 4.69) is 40.5 Å². The van der Waals surface area contributed by atoms with E-state index in [0.29, 0.717) is 54.5 Å². The summed E-state index contributed by atoms with van der Waals surface area (Å²) in [6, 6.07) is 28.3. The third-order valence-corrected chi connectivity index (χ3v) is 20.5. The fourth-order valence-electron chi connectivity index (χ4n) is 14.1. The zero-order valence-electron chi connectivity index (χ0n) is 62.9. The Bertz CT molecular complexity index is 5340. The molecule has 6 aliphatic rings. The van der Waals surface area contributed by atoms with Crippen LogP contribution < -0.4 is 20.0 Å². The number of hydrogen-bond acceptors (Lipinski definition) is 22. The predicted octanol–water partition coefficient (Wildman–Crippen LogP) is 11.8. The Labute approximate surface area is 641 Å². The van der Waals surface area contributed by atoms with Gasteiger partial charge in [-0.1, -0.05) is 29.8 Å². The third kappa shape index (κ3) is 15.3. The SMILES string of the molecule is CC(C)(C)OC(=O)N1Cc2nc(-c3c(F)cccc3C#N)cc(-n3ccc(N4CC[C@H](O)C4(C)C)n3)c2C1=O.CC(C)(C)OC(=O)N1Cc2nc(-c3c(F)cccc3C#N)cc(Cl)c2C1=O.CC1(C)[C@@H](O)CCN1c1ccn(-c2cc(-c3c(F)cccc3C#N)nc3c2C(=O)NC3)n1.CC1(C)[C@@H](O)CCN1c1ccn[nH]1. The first-order valence-corrected chi connectivity index (χ1v) is 36.0. The van der Waals surface area contributed by atoms with E-state index < -0.39 is 75.9 Å². The van der Waals surface area contributed by atoms with Crippen LogP contribution >= 0.6 is 11.6 Å². The van der Waals surface area contributed by atoms with Gasteiger partial charge in [-0.3, -0.25) is 19.5 Å². The van der Waals surface area contributed by atoms with E-state index in [-0.39, 0.29) is 121 Å². The van der Waals surface area contributed by atoms with Crippen LogP contribution in [-0.2, 0) is 29.1 Å². The van der Waals surface area contributed by atoms with Gasteiger partial charge in [-0.2, -0.15) is 31.1 Å². The first-order chi connectivity index (χ1) is 52.4. The van der Waals surface area contributed by atoms with Crippen LogP contribution in [-0.4, -0.2) is 166 Å². The number of aliphatic hydroxyl groups excluding tert-OH is 3. The highest BCUT2D eigenvalue weighted by molar-refractivity contribution is 6.35. The maximum Gasteiger partial charge on any atom is 0.417 e. The molecule has 9 aromatic rings. The van der Waals surface area contributed by atoms with Gasteiger partial charge in [0, 0.05) is 50.2 Å². The molecule has 32 heteroatoms. The van der Waals surface area contributed by atoms with Crippen LogP contribution in [0.2, 0.25) is 5.02 Å². The van der Waals surface area contributed by atoms with Crippen molar-refractivity contribution in [1.82, 2.24) is 59.8 Å². The number of rotatable bonds is 8. The van der Waals surface area contributed by atoms with Crippen molar-refractivity contribution in [1.29, 1.82) is 15.8 Å². The quantitative estimate of drug-likeness (QED) is 0.0943. The van der Waals surface area contributed by atoms with Gasteiger partial charge in [0.1, 0.15) is 34.5 Å². The second-order valence-corrected chi connectivity index (χ2v) is 31.2. The third-order valence-electron chi connectivity index (χ3n) is 20.2. The zero-order chi connectivity index (χ0) is 80.3. The van der Waals surface area contributed by atoms with Gasteiger partial charge in [0.15, 0.2) is 11.6 Å². The minimum Gasteiger partial charge on any atom is -0.443 e. The average molecular weight is 1530 g/mol. The molecule has 12 heterocycles. The Morgan fingerprint density at radius 2 is 0.928 bits per heavy atom. The number of carbonyl (C=O) groups is 5. The van der Waals surface area contributed by atoms with Gasteiger partial charge in [0.25, 0.3) is 17.7 Å². The number of H-pyrrole nitrogens is 1. The van der Waals surface area contributed by atoms with Crippen molar-refractivity contribution in [2.24, 2.45) is 0 Å². The second kappa shape index (κ2) is 30.1. The van der Waals surface area contributed by atoms with Crippen LogP contribution in [0.25, 0.3) is 45.1 Å². The summed E-state index contributed by atoms with van der Waals surface area (Å²) in [5.74, 6) is -1.12. The largest absolute Gasteiger partial charge is 0.443 e. The summed E-state index contributed by atoms with van der Waals surface area (Å²) >= 11 is 6.23. The summed E-state index contributed by atoms with van der Waals surface area (Å²) in [6.07, 6.45) is 4.28. The van der Waals surface area contributed by atoms with Gasteiger partial charge >= 0.3 is 12.2 Å². The van der Waals surface area contributed by atoms with E-state index in [4.69, 9.17) is 26.2 Å². The number of anilines is 3. The predicted molar refractivity (Wildman–Crippen MR) is 400 cm³/mol. The van der Waals surface area contributed by atoms with Crippen molar-refractivity contribution >= 4 is 59.0 Å². The summed E-state index contributed by atoms with van der Waals surface area (Å²) < 4.78 is 57.7. The molecule has 0 spiro atoms. The molecule has 5 N–H and O–H groups in total. The maximum atomic E-state index is 15.0. The van der Waals surface area contributed by atoms with Crippen LogP contribution in [0.15, 0.2) is 110 Å². The van der Waals surface area contributed by atoms with E-state index in [1.807, 2.05) is 81.7 Å². The Morgan fingerprint density at radius 1 is 0.541 bits per heavy atom.